The molecule has 1 aromatic heterocycles. The molecule has 0 unspecified atom stereocenters. The standard InChI is InChI=1S/C21H14ClFN2O/c22-21-11-14(7-8-24-21)20-12-16(26)10-15-9-13(5-6-19(15)25-20)17-3-1-2-4-18(17)23/h1-9,11H,10,12H2. The Kier molecular flexibility index (Phi) is 4.35. The van der Waals surface area contributed by atoms with Crippen molar-refractivity contribution in [3.8, 4) is 11.1 Å². The molecule has 0 saturated carbocycles. The quantitative estimate of drug-likeness (QED) is 0.588. The molecule has 2 aromatic carbocycles. The van der Waals surface area contributed by atoms with E-state index in [0.717, 1.165) is 22.4 Å². The summed E-state index contributed by atoms with van der Waals surface area (Å²) in [5.41, 5.74) is 4.21. The van der Waals surface area contributed by atoms with Crippen molar-refractivity contribution < 1.29 is 9.18 Å². The van der Waals surface area contributed by atoms with E-state index >= 15 is 0 Å². The fourth-order valence-electron chi connectivity index (χ4n) is 3.09. The molecular weight excluding hydrogens is 351 g/mol. The van der Waals surface area contributed by atoms with Gasteiger partial charge >= 0.3 is 0 Å². The number of carbonyl (C=O) groups excluding carboxylic acids is 1. The van der Waals surface area contributed by atoms with Crippen molar-refractivity contribution >= 4 is 28.8 Å². The minimum Gasteiger partial charge on any atom is -0.299 e. The van der Waals surface area contributed by atoms with Crippen molar-refractivity contribution in [3.05, 3.63) is 82.9 Å². The first-order valence-corrected chi connectivity index (χ1v) is 8.57. The maximum atomic E-state index is 14.1. The predicted octanol–water partition coefficient (Wildman–Crippen LogP) is 5.18. The van der Waals surface area contributed by atoms with Crippen LogP contribution in [0.2, 0.25) is 5.15 Å². The van der Waals surface area contributed by atoms with Crippen LogP contribution in [0.15, 0.2) is 65.8 Å². The monoisotopic (exact) mass is 364 g/mol. The van der Waals surface area contributed by atoms with Crippen molar-refractivity contribution in [1.29, 1.82) is 0 Å². The van der Waals surface area contributed by atoms with Gasteiger partial charge in [0, 0.05) is 30.2 Å². The SMILES string of the molecule is O=C1CC(c2ccnc(Cl)c2)=Nc2ccc(-c3ccccc3F)cc2C1. The Hall–Kier alpha value is -2.85. The Morgan fingerprint density at radius 3 is 2.62 bits per heavy atom. The summed E-state index contributed by atoms with van der Waals surface area (Å²) in [6, 6.07) is 15.6. The smallest absolute Gasteiger partial charge is 0.143 e. The normalized spacial score (nSPS) is 13.8. The Morgan fingerprint density at radius 2 is 1.81 bits per heavy atom. The Labute approximate surface area is 155 Å². The Morgan fingerprint density at radius 1 is 0.962 bits per heavy atom. The van der Waals surface area contributed by atoms with Crippen LogP contribution >= 0.6 is 11.6 Å². The Balaban J connectivity index is 1.80. The van der Waals surface area contributed by atoms with Gasteiger partial charge in [-0.2, -0.15) is 0 Å². The van der Waals surface area contributed by atoms with Crippen LogP contribution in [0.25, 0.3) is 11.1 Å². The highest BCUT2D eigenvalue weighted by Crippen LogP contribution is 2.31. The summed E-state index contributed by atoms with van der Waals surface area (Å²) in [7, 11) is 0. The van der Waals surface area contributed by atoms with E-state index < -0.39 is 0 Å². The fraction of sp³-hybridized carbons (Fsp3) is 0.0952. The van der Waals surface area contributed by atoms with Crippen molar-refractivity contribution in [2.24, 2.45) is 4.99 Å². The van der Waals surface area contributed by atoms with Crippen LogP contribution in [-0.4, -0.2) is 16.5 Å². The second-order valence-corrected chi connectivity index (χ2v) is 6.53. The van der Waals surface area contributed by atoms with Gasteiger partial charge in [-0.15, -0.1) is 0 Å². The van der Waals surface area contributed by atoms with Crippen molar-refractivity contribution in [2.45, 2.75) is 12.8 Å². The van der Waals surface area contributed by atoms with E-state index in [1.807, 2.05) is 18.2 Å². The number of hydrogen-bond donors (Lipinski definition) is 0. The van der Waals surface area contributed by atoms with Gasteiger partial charge in [0.15, 0.2) is 0 Å². The molecule has 1 aliphatic heterocycles. The number of aliphatic imine (C=N–C) groups is 1. The van der Waals surface area contributed by atoms with Gasteiger partial charge in [-0.3, -0.25) is 9.79 Å². The van der Waals surface area contributed by atoms with Gasteiger partial charge in [-0.05, 0) is 41.5 Å². The highest BCUT2D eigenvalue weighted by Gasteiger charge is 2.19. The van der Waals surface area contributed by atoms with Gasteiger partial charge in [-0.1, -0.05) is 35.9 Å². The van der Waals surface area contributed by atoms with E-state index in [1.165, 1.54) is 6.07 Å². The molecule has 2 heterocycles. The summed E-state index contributed by atoms with van der Waals surface area (Å²) < 4.78 is 14.1. The molecule has 0 radical (unpaired) electrons. The Bertz CT molecular complexity index is 1050. The van der Waals surface area contributed by atoms with Gasteiger partial charge in [0.25, 0.3) is 0 Å². The van der Waals surface area contributed by atoms with Crippen molar-refractivity contribution in [1.82, 2.24) is 4.98 Å². The number of halogens is 2. The average molecular weight is 365 g/mol. The third-order valence-corrected chi connectivity index (χ3v) is 4.54. The molecule has 128 valence electrons. The van der Waals surface area contributed by atoms with E-state index in [9.17, 15) is 9.18 Å². The molecule has 0 aliphatic carbocycles. The molecular formula is C21H14ClFN2O. The summed E-state index contributed by atoms with van der Waals surface area (Å²) in [4.78, 5) is 21.1. The van der Waals surface area contributed by atoms with Crippen LogP contribution in [0.3, 0.4) is 0 Å². The molecule has 5 heteroatoms. The second kappa shape index (κ2) is 6.81. The number of rotatable bonds is 2. The minimum atomic E-state index is -0.289. The summed E-state index contributed by atoms with van der Waals surface area (Å²) in [5, 5.41) is 0.358. The molecule has 26 heavy (non-hydrogen) atoms. The zero-order chi connectivity index (χ0) is 18.1. The lowest BCUT2D eigenvalue weighted by Gasteiger charge is -2.08. The number of carbonyl (C=O) groups is 1. The number of ketones is 1. The van der Waals surface area contributed by atoms with Gasteiger partial charge in [0.05, 0.1) is 11.4 Å². The third-order valence-electron chi connectivity index (χ3n) is 4.33. The first-order valence-electron chi connectivity index (χ1n) is 8.19. The van der Waals surface area contributed by atoms with Crippen LogP contribution < -0.4 is 0 Å². The van der Waals surface area contributed by atoms with Gasteiger partial charge < -0.3 is 0 Å². The molecule has 3 aromatic rings. The molecule has 0 atom stereocenters. The maximum Gasteiger partial charge on any atom is 0.143 e. The van der Waals surface area contributed by atoms with E-state index in [-0.39, 0.29) is 24.4 Å². The van der Waals surface area contributed by atoms with Crippen LogP contribution in [0, 0.1) is 5.82 Å². The number of hydrogen-bond acceptors (Lipinski definition) is 3. The summed E-state index contributed by atoms with van der Waals surface area (Å²) >= 11 is 5.96. The van der Waals surface area contributed by atoms with Gasteiger partial charge in [-0.25, -0.2) is 9.37 Å². The average Bonchev–Trinajstić information content (AvgIpc) is 2.79. The molecule has 1 aliphatic rings. The highest BCUT2D eigenvalue weighted by atomic mass is 35.5. The number of fused-ring (bicyclic) bond motifs is 1. The first kappa shape index (κ1) is 16.6. The zero-order valence-corrected chi connectivity index (χ0v) is 14.5. The molecule has 3 nitrogen and oxygen atoms in total. The number of benzene rings is 2. The number of aromatic nitrogens is 1. The van der Waals surface area contributed by atoms with Crippen LogP contribution in [0.5, 0.6) is 0 Å². The van der Waals surface area contributed by atoms with Crippen LogP contribution in [-0.2, 0) is 11.2 Å². The molecule has 4 rings (SSSR count). The summed E-state index contributed by atoms with van der Waals surface area (Å²) in [5.74, 6) is -0.232. The third kappa shape index (κ3) is 3.28. The van der Waals surface area contributed by atoms with Crippen molar-refractivity contribution in [2.75, 3.05) is 0 Å². The number of nitrogens with zero attached hydrogens (tertiary/aromatic N) is 2. The molecule has 0 N–H and O–H groups in total. The highest BCUT2D eigenvalue weighted by molar-refractivity contribution is 6.30. The lowest BCUT2D eigenvalue weighted by atomic mass is 9.98. The fourth-order valence-corrected chi connectivity index (χ4v) is 3.27. The summed E-state index contributed by atoms with van der Waals surface area (Å²) in [6.45, 7) is 0. The topological polar surface area (TPSA) is 42.3 Å². The molecule has 0 fully saturated rings. The predicted molar refractivity (Wildman–Crippen MR) is 101 cm³/mol. The molecule has 0 saturated heterocycles. The minimum absolute atomic E-state index is 0.0566. The molecule has 0 spiro atoms. The van der Waals surface area contributed by atoms with Crippen LogP contribution in [0.1, 0.15) is 17.5 Å². The van der Waals surface area contributed by atoms with E-state index in [1.54, 1.807) is 36.5 Å². The first-order chi connectivity index (χ1) is 12.6. The summed E-state index contributed by atoms with van der Waals surface area (Å²) in [6.07, 6.45) is 2.09. The lowest BCUT2D eigenvalue weighted by molar-refractivity contribution is -0.117. The van der Waals surface area contributed by atoms with E-state index in [4.69, 9.17) is 11.6 Å². The van der Waals surface area contributed by atoms with Crippen LogP contribution in [0.4, 0.5) is 10.1 Å². The van der Waals surface area contributed by atoms with Gasteiger partial charge in [0.2, 0.25) is 0 Å². The second-order valence-electron chi connectivity index (χ2n) is 6.14. The zero-order valence-electron chi connectivity index (χ0n) is 13.7. The largest absolute Gasteiger partial charge is 0.299 e. The van der Waals surface area contributed by atoms with Crippen molar-refractivity contribution in [3.63, 3.8) is 0 Å². The maximum absolute atomic E-state index is 14.1. The number of pyridine rings is 1. The molecule has 0 bridgehead atoms. The molecule has 0 amide bonds. The van der Waals surface area contributed by atoms with Gasteiger partial charge in [0.1, 0.15) is 16.8 Å². The van der Waals surface area contributed by atoms with E-state index in [0.29, 0.717) is 16.4 Å². The number of Topliss-reactive ketones (excluding diaryl/α,β-unsaturated/α-hetero) is 1. The van der Waals surface area contributed by atoms with E-state index in [2.05, 4.69) is 9.98 Å². The lowest BCUT2D eigenvalue weighted by Crippen LogP contribution is -2.09.